The van der Waals surface area contributed by atoms with E-state index < -0.39 is 5.60 Å². The van der Waals surface area contributed by atoms with E-state index in [2.05, 4.69) is 86.4 Å². The summed E-state index contributed by atoms with van der Waals surface area (Å²) in [4.78, 5) is 15.7. The van der Waals surface area contributed by atoms with E-state index in [1.54, 1.807) is 0 Å². The van der Waals surface area contributed by atoms with E-state index in [0.29, 0.717) is 11.3 Å². The van der Waals surface area contributed by atoms with E-state index in [1.165, 1.54) is 5.56 Å². The standard InChI is InChI=1S/C34H34N2O3/c1-5-16-36(17-6-2)25-14-15-28-32(20-25)38-31-19-23(4)30(35-24-11-9-10-22(3)18-24)21-29(31)34(28)27-13-8-7-12-26(27)33(37)39-34/h7-15,18-21,35H,5-6,16-17H2,1-4H3. The van der Waals surface area contributed by atoms with Crippen LogP contribution >= 0.6 is 0 Å². The van der Waals surface area contributed by atoms with Gasteiger partial charge in [-0.15, -0.1) is 0 Å². The Labute approximate surface area is 230 Å². The lowest BCUT2D eigenvalue weighted by Gasteiger charge is -2.38. The van der Waals surface area contributed by atoms with Crippen molar-refractivity contribution in [3.63, 3.8) is 0 Å². The van der Waals surface area contributed by atoms with Gasteiger partial charge in [0.25, 0.3) is 0 Å². The molecule has 39 heavy (non-hydrogen) atoms. The molecule has 0 fully saturated rings. The number of hydrogen-bond donors (Lipinski definition) is 1. The van der Waals surface area contributed by atoms with Crippen LogP contribution in [0.15, 0.2) is 78.9 Å². The van der Waals surface area contributed by atoms with Gasteiger partial charge in [0, 0.05) is 52.9 Å². The number of benzene rings is 4. The van der Waals surface area contributed by atoms with E-state index >= 15 is 0 Å². The van der Waals surface area contributed by atoms with E-state index in [0.717, 1.165) is 71.0 Å². The summed E-state index contributed by atoms with van der Waals surface area (Å²) in [5.74, 6) is 1.11. The van der Waals surface area contributed by atoms with Gasteiger partial charge >= 0.3 is 5.97 Å². The predicted molar refractivity (Wildman–Crippen MR) is 157 cm³/mol. The van der Waals surface area contributed by atoms with Crippen LogP contribution in [0.1, 0.15) is 64.9 Å². The number of ether oxygens (including phenoxy) is 2. The molecular weight excluding hydrogens is 484 g/mol. The van der Waals surface area contributed by atoms with Gasteiger partial charge in [-0.05, 0) is 80.3 Å². The van der Waals surface area contributed by atoms with E-state index in [4.69, 9.17) is 9.47 Å². The molecule has 4 aromatic carbocycles. The number of hydrogen-bond acceptors (Lipinski definition) is 5. The molecule has 0 saturated heterocycles. The van der Waals surface area contributed by atoms with Gasteiger partial charge in [-0.1, -0.05) is 44.2 Å². The Morgan fingerprint density at radius 3 is 2.33 bits per heavy atom. The highest BCUT2D eigenvalue weighted by Crippen LogP contribution is 2.57. The van der Waals surface area contributed by atoms with Gasteiger partial charge in [-0.3, -0.25) is 0 Å². The normalized spacial score (nSPS) is 16.7. The van der Waals surface area contributed by atoms with Gasteiger partial charge in [-0.2, -0.15) is 0 Å². The summed E-state index contributed by atoms with van der Waals surface area (Å²) >= 11 is 0. The minimum Gasteiger partial charge on any atom is -0.456 e. The van der Waals surface area contributed by atoms with Gasteiger partial charge in [0.2, 0.25) is 0 Å². The Balaban J connectivity index is 1.54. The summed E-state index contributed by atoms with van der Waals surface area (Å²) in [6.07, 6.45) is 2.12. The second-order valence-electron chi connectivity index (χ2n) is 10.5. The third-order valence-corrected chi connectivity index (χ3v) is 7.69. The minimum absolute atomic E-state index is 0.319. The molecular formula is C34H34N2O3. The zero-order chi connectivity index (χ0) is 27.1. The fourth-order valence-corrected chi connectivity index (χ4v) is 5.93. The van der Waals surface area contributed by atoms with Gasteiger partial charge in [0.05, 0.1) is 5.56 Å². The monoisotopic (exact) mass is 518 g/mol. The van der Waals surface area contributed by atoms with Crippen LogP contribution in [-0.2, 0) is 10.3 Å². The first-order valence-corrected chi connectivity index (χ1v) is 13.8. The molecule has 0 aliphatic carbocycles. The molecule has 2 aliphatic heterocycles. The van der Waals surface area contributed by atoms with Crippen LogP contribution in [0.5, 0.6) is 11.5 Å². The number of aryl methyl sites for hydroxylation is 2. The molecule has 0 amide bonds. The first-order valence-electron chi connectivity index (χ1n) is 13.8. The van der Waals surface area contributed by atoms with Crippen molar-refractivity contribution < 1.29 is 14.3 Å². The number of fused-ring (bicyclic) bond motifs is 6. The van der Waals surface area contributed by atoms with Crippen LogP contribution in [0.25, 0.3) is 0 Å². The van der Waals surface area contributed by atoms with Gasteiger partial charge in [0.1, 0.15) is 11.5 Å². The molecule has 0 bridgehead atoms. The molecule has 1 unspecified atom stereocenters. The fraction of sp³-hybridized carbons (Fsp3) is 0.265. The number of anilines is 3. The maximum Gasteiger partial charge on any atom is 0.340 e. The first kappa shape index (κ1) is 25.1. The lowest BCUT2D eigenvalue weighted by Crippen LogP contribution is -2.33. The van der Waals surface area contributed by atoms with E-state index in [1.807, 2.05) is 30.3 Å². The number of nitrogens with zero attached hydrogens (tertiary/aromatic N) is 1. The zero-order valence-electron chi connectivity index (χ0n) is 23.0. The Kier molecular flexibility index (Phi) is 6.30. The number of carbonyl (C=O) groups is 1. The lowest BCUT2D eigenvalue weighted by molar-refractivity contribution is 0.0224. The number of rotatable bonds is 7. The van der Waals surface area contributed by atoms with Crippen molar-refractivity contribution in [2.45, 2.75) is 46.1 Å². The molecule has 5 heteroatoms. The molecule has 0 aromatic heterocycles. The summed E-state index contributed by atoms with van der Waals surface area (Å²) < 4.78 is 13.0. The largest absolute Gasteiger partial charge is 0.456 e. The Hall–Kier alpha value is -4.25. The summed E-state index contributed by atoms with van der Waals surface area (Å²) in [7, 11) is 0. The maximum atomic E-state index is 13.3. The maximum absolute atomic E-state index is 13.3. The Morgan fingerprint density at radius 1 is 0.795 bits per heavy atom. The second-order valence-corrected chi connectivity index (χ2v) is 10.5. The quantitative estimate of drug-likeness (QED) is 0.250. The van der Waals surface area contributed by atoms with Crippen molar-refractivity contribution in [1.29, 1.82) is 0 Å². The van der Waals surface area contributed by atoms with Gasteiger partial charge in [0.15, 0.2) is 5.60 Å². The first-order chi connectivity index (χ1) is 18.9. The minimum atomic E-state index is -1.09. The van der Waals surface area contributed by atoms with Crippen LogP contribution < -0.4 is 15.0 Å². The fourth-order valence-electron chi connectivity index (χ4n) is 5.93. The van der Waals surface area contributed by atoms with Crippen LogP contribution in [0.4, 0.5) is 17.1 Å². The third-order valence-electron chi connectivity index (χ3n) is 7.69. The molecule has 198 valence electrons. The van der Waals surface area contributed by atoms with Crippen LogP contribution in [-0.4, -0.2) is 19.1 Å². The van der Waals surface area contributed by atoms with E-state index in [-0.39, 0.29) is 5.97 Å². The zero-order valence-corrected chi connectivity index (χ0v) is 23.0. The number of esters is 1. The van der Waals surface area contributed by atoms with Gasteiger partial charge < -0.3 is 19.7 Å². The highest BCUT2D eigenvalue weighted by Gasteiger charge is 2.53. The average molecular weight is 519 g/mol. The van der Waals surface area contributed by atoms with Crippen molar-refractivity contribution in [3.8, 4) is 11.5 Å². The van der Waals surface area contributed by atoms with Crippen molar-refractivity contribution in [2.24, 2.45) is 0 Å². The van der Waals surface area contributed by atoms with Crippen molar-refractivity contribution >= 4 is 23.0 Å². The molecule has 4 aromatic rings. The smallest absolute Gasteiger partial charge is 0.340 e. The molecule has 0 saturated carbocycles. The molecule has 2 heterocycles. The Morgan fingerprint density at radius 2 is 1.56 bits per heavy atom. The van der Waals surface area contributed by atoms with Crippen LogP contribution in [0.3, 0.4) is 0 Å². The Bertz CT molecular complexity index is 1570. The topological polar surface area (TPSA) is 50.8 Å². The summed E-state index contributed by atoms with van der Waals surface area (Å²) in [5.41, 5.74) is 7.29. The molecule has 2 aliphatic rings. The second kappa shape index (κ2) is 9.81. The molecule has 1 N–H and O–H groups in total. The average Bonchev–Trinajstić information content (AvgIpc) is 3.22. The van der Waals surface area contributed by atoms with Crippen LogP contribution in [0, 0.1) is 13.8 Å². The molecule has 0 radical (unpaired) electrons. The van der Waals surface area contributed by atoms with Gasteiger partial charge in [-0.25, -0.2) is 4.79 Å². The highest BCUT2D eigenvalue weighted by atomic mass is 16.6. The lowest BCUT2D eigenvalue weighted by atomic mass is 9.77. The van der Waals surface area contributed by atoms with Crippen molar-refractivity contribution in [3.05, 3.63) is 112 Å². The molecule has 1 atom stereocenters. The summed E-state index contributed by atoms with van der Waals surface area (Å²) in [6, 6.07) is 26.4. The number of carbonyl (C=O) groups excluding carboxylic acids is 1. The molecule has 6 rings (SSSR count). The summed E-state index contributed by atoms with van der Waals surface area (Å²) in [5, 5.41) is 3.58. The predicted octanol–water partition coefficient (Wildman–Crippen LogP) is 8.24. The number of nitrogens with one attached hydrogen (secondary N) is 1. The summed E-state index contributed by atoms with van der Waals surface area (Å²) in [6.45, 7) is 10.5. The highest BCUT2D eigenvalue weighted by molar-refractivity contribution is 5.97. The van der Waals surface area contributed by atoms with Crippen LogP contribution in [0.2, 0.25) is 0 Å². The van der Waals surface area contributed by atoms with E-state index in [9.17, 15) is 4.79 Å². The SMILES string of the molecule is CCCN(CCC)c1ccc2c(c1)Oc1cc(C)c(Nc3cccc(C)c3)cc1C21OC(=O)c2ccccc21. The third kappa shape index (κ3) is 4.13. The molecule has 5 nitrogen and oxygen atoms in total. The molecule has 1 spiro atoms. The van der Waals surface area contributed by atoms with Crippen molar-refractivity contribution in [2.75, 3.05) is 23.3 Å². The van der Waals surface area contributed by atoms with Crippen molar-refractivity contribution in [1.82, 2.24) is 0 Å².